The Morgan fingerprint density at radius 1 is 0.839 bits per heavy atom. The molecule has 5 rings (SSSR count). The maximum absolute atomic E-state index is 12.7. The lowest BCUT2D eigenvalue weighted by atomic mass is 10.1. The third kappa shape index (κ3) is 4.00. The van der Waals surface area contributed by atoms with Crippen molar-refractivity contribution in [3.8, 4) is 0 Å². The highest BCUT2D eigenvalue weighted by Crippen LogP contribution is 2.29. The molecule has 0 atom stereocenters. The van der Waals surface area contributed by atoms with Crippen molar-refractivity contribution in [2.45, 2.75) is 0 Å². The van der Waals surface area contributed by atoms with Gasteiger partial charge < -0.3 is 20.4 Å². The van der Waals surface area contributed by atoms with Gasteiger partial charge in [-0.2, -0.15) is 0 Å². The first-order chi connectivity index (χ1) is 15.2. The number of pyridine rings is 2. The van der Waals surface area contributed by atoms with Crippen molar-refractivity contribution in [2.24, 2.45) is 0 Å². The summed E-state index contributed by atoms with van der Waals surface area (Å²) in [6.45, 7) is 4.01. The summed E-state index contributed by atoms with van der Waals surface area (Å²) in [5.41, 5.74) is 4.37. The fourth-order valence-corrected chi connectivity index (χ4v) is 4.03. The van der Waals surface area contributed by atoms with E-state index in [4.69, 9.17) is 0 Å². The zero-order valence-corrected chi connectivity index (χ0v) is 17.4. The minimum atomic E-state index is -0.291. The summed E-state index contributed by atoms with van der Waals surface area (Å²) in [4.78, 5) is 26.3. The van der Waals surface area contributed by atoms with Gasteiger partial charge in [0.25, 0.3) is 0 Å². The molecule has 0 saturated carbocycles. The lowest BCUT2D eigenvalue weighted by Crippen LogP contribution is -2.44. The van der Waals surface area contributed by atoms with Crippen molar-refractivity contribution in [2.75, 3.05) is 48.8 Å². The molecular formula is C24H24N6O. The van der Waals surface area contributed by atoms with Crippen LogP contribution >= 0.6 is 0 Å². The van der Waals surface area contributed by atoms with Gasteiger partial charge in [-0.05, 0) is 55.6 Å². The fourth-order valence-electron chi connectivity index (χ4n) is 4.03. The Balaban J connectivity index is 1.39. The molecule has 156 valence electrons. The van der Waals surface area contributed by atoms with E-state index in [1.165, 1.54) is 0 Å². The standard InChI is InChI=1S/C24H24N6O/c1-29-12-14-30(15-13-29)23-9-11-26-21-8-7-17(16-19(21)23)27-24(31)28-22-6-2-5-20-18(22)4-3-10-25-20/h2-11,16H,12-15H2,1H3,(H2,27,28,31). The molecule has 7 nitrogen and oxygen atoms in total. The quantitative estimate of drug-likeness (QED) is 0.528. The first-order valence-corrected chi connectivity index (χ1v) is 10.4. The monoisotopic (exact) mass is 412 g/mol. The fraction of sp³-hybridized carbons (Fsp3) is 0.208. The lowest BCUT2D eigenvalue weighted by molar-refractivity contribution is 0.262. The van der Waals surface area contributed by atoms with E-state index in [1.54, 1.807) is 6.20 Å². The van der Waals surface area contributed by atoms with Crippen molar-refractivity contribution in [1.29, 1.82) is 0 Å². The van der Waals surface area contributed by atoms with Crippen LogP contribution in [0.2, 0.25) is 0 Å². The molecule has 3 heterocycles. The first kappa shape index (κ1) is 19.3. The van der Waals surface area contributed by atoms with E-state index < -0.39 is 0 Å². The van der Waals surface area contributed by atoms with E-state index in [0.717, 1.165) is 65.0 Å². The summed E-state index contributed by atoms with van der Waals surface area (Å²) < 4.78 is 0. The minimum Gasteiger partial charge on any atom is -0.368 e. The van der Waals surface area contributed by atoms with E-state index in [9.17, 15) is 4.79 Å². The third-order valence-electron chi connectivity index (χ3n) is 5.71. The summed E-state index contributed by atoms with van der Waals surface area (Å²) in [6.07, 6.45) is 3.59. The highest BCUT2D eigenvalue weighted by molar-refractivity contribution is 6.06. The second-order valence-corrected chi connectivity index (χ2v) is 7.81. The molecule has 1 aliphatic rings. The van der Waals surface area contributed by atoms with Gasteiger partial charge in [0.2, 0.25) is 0 Å². The number of carbonyl (C=O) groups is 1. The van der Waals surface area contributed by atoms with Crippen molar-refractivity contribution in [3.63, 3.8) is 0 Å². The van der Waals surface area contributed by atoms with Gasteiger partial charge in [-0.1, -0.05) is 6.07 Å². The van der Waals surface area contributed by atoms with E-state index in [0.29, 0.717) is 0 Å². The van der Waals surface area contributed by atoms with Gasteiger partial charge in [-0.25, -0.2) is 4.79 Å². The Morgan fingerprint density at radius 2 is 1.65 bits per heavy atom. The summed E-state index contributed by atoms with van der Waals surface area (Å²) in [6, 6.07) is 17.1. The molecule has 2 amide bonds. The van der Waals surface area contributed by atoms with Gasteiger partial charge in [0.1, 0.15) is 0 Å². The van der Waals surface area contributed by atoms with Crippen LogP contribution in [0.4, 0.5) is 21.9 Å². The number of urea groups is 1. The smallest absolute Gasteiger partial charge is 0.323 e. The number of rotatable bonds is 3. The zero-order chi connectivity index (χ0) is 21.2. The van der Waals surface area contributed by atoms with Crippen molar-refractivity contribution >= 4 is 44.9 Å². The van der Waals surface area contributed by atoms with Crippen molar-refractivity contribution in [3.05, 3.63) is 67.0 Å². The number of likely N-dealkylation sites (N-methyl/N-ethyl adjacent to an activating group) is 1. The molecule has 2 aromatic heterocycles. The molecule has 1 aliphatic heterocycles. The summed E-state index contributed by atoms with van der Waals surface area (Å²) in [5, 5.41) is 7.85. The highest BCUT2D eigenvalue weighted by atomic mass is 16.2. The normalized spacial score (nSPS) is 14.7. The van der Waals surface area contributed by atoms with E-state index >= 15 is 0 Å². The Hall–Kier alpha value is -3.71. The molecule has 0 aliphatic carbocycles. The number of hydrogen-bond acceptors (Lipinski definition) is 5. The lowest BCUT2D eigenvalue weighted by Gasteiger charge is -2.34. The Bertz CT molecular complexity index is 1240. The van der Waals surface area contributed by atoms with Crippen LogP contribution in [0.1, 0.15) is 0 Å². The number of anilines is 3. The van der Waals surface area contributed by atoms with Crippen LogP contribution in [0, 0.1) is 0 Å². The van der Waals surface area contributed by atoms with Crippen LogP contribution in [0.3, 0.4) is 0 Å². The molecule has 4 aromatic rings. The van der Waals surface area contributed by atoms with Crippen LogP contribution in [-0.4, -0.2) is 54.1 Å². The summed E-state index contributed by atoms with van der Waals surface area (Å²) >= 11 is 0. The van der Waals surface area contributed by atoms with E-state index in [-0.39, 0.29) is 6.03 Å². The van der Waals surface area contributed by atoms with Crippen molar-refractivity contribution in [1.82, 2.24) is 14.9 Å². The largest absolute Gasteiger partial charge is 0.368 e. The van der Waals surface area contributed by atoms with Crippen LogP contribution < -0.4 is 15.5 Å². The number of hydrogen-bond donors (Lipinski definition) is 2. The number of nitrogens with zero attached hydrogens (tertiary/aromatic N) is 4. The minimum absolute atomic E-state index is 0.291. The molecule has 0 bridgehead atoms. The maximum atomic E-state index is 12.7. The van der Waals surface area contributed by atoms with Gasteiger partial charge in [-0.3, -0.25) is 9.97 Å². The van der Waals surface area contributed by atoms with Gasteiger partial charge in [0.15, 0.2) is 0 Å². The van der Waals surface area contributed by atoms with Crippen LogP contribution in [0.25, 0.3) is 21.8 Å². The first-order valence-electron chi connectivity index (χ1n) is 10.4. The Kier molecular flexibility index (Phi) is 5.09. The molecule has 31 heavy (non-hydrogen) atoms. The van der Waals surface area contributed by atoms with Gasteiger partial charge >= 0.3 is 6.03 Å². The number of aromatic nitrogens is 2. The molecule has 0 unspecified atom stereocenters. The molecule has 2 N–H and O–H groups in total. The topological polar surface area (TPSA) is 73.4 Å². The molecular weight excluding hydrogens is 388 g/mol. The average molecular weight is 412 g/mol. The van der Waals surface area contributed by atoms with Gasteiger partial charge in [0, 0.05) is 60.7 Å². The number of fused-ring (bicyclic) bond motifs is 2. The maximum Gasteiger partial charge on any atom is 0.323 e. The van der Waals surface area contributed by atoms with Gasteiger partial charge in [-0.15, -0.1) is 0 Å². The van der Waals surface area contributed by atoms with Crippen molar-refractivity contribution < 1.29 is 4.79 Å². The molecule has 1 saturated heterocycles. The Morgan fingerprint density at radius 3 is 2.52 bits per heavy atom. The number of amides is 2. The molecule has 7 heteroatoms. The predicted octanol–water partition coefficient (Wildman–Crippen LogP) is 4.18. The molecule has 1 fully saturated rings. The number of nitrogens with one attached hydrogen (secondary N) is 2. The average Bonchev–Trinajstić information content (AvgIpc) is 2.79. The molecule has 0 radical (unpaired) electrons. The second kappa shape index (κ2) is 8.20. The number of benzene rings is 2. The van der Waals surface area contributed by atoms with Gasteiger partial charge in [0.05, 0.1) is 16.7 Å². The second-order valence-electron chi connectivity index (χ2n) is 7.81. The molecule has 2 aromatic carbocycles. The predicted molar refractivity (Wildman–Crippen MR) is 126 cm³/mol. The number of carbonyl (C=O) groups excluding carboxylic acids is 1. The van der Waals surface area contributed by atoms with Crippen LogP contribution in [-0.2, 0) is 0 Å². The summed E-state index contributed by atoms with van der Waals surface area (Å²) in [5.74, 6) is 0. The Labute approximate surface area is 180 Å². The zero-order valence-electron chi connectivity index (χ0n) is 17.4. The SMILES string of the molecule is CN1CCN(c2ccnc3ccc(NC(=O)Nc4cccc5ncccc45)cc23)CC1. The third-order valence-corrected chi connectivity index (χ3v) is 5.71. The molecule has 0 spiro atoms. The van der Waals surface area contributed by atoms with Crippen LogP contribution in [0.5, 0.6) is 0 Å². The van der Waals surface area contributed by atoms with E-state index in [1.807, 2.05) is 54.7 Å². The van der Waals surface area contributed by atoms with Crippen LogP contribution in [0.15, 0.2) is 67.0 Å². The van der Waals surface area contributed by atoms with E-state index in [2.05, 4.69) is 43.5 Å². The summed E-state index contributed by atoms with van der Waals surface area (Å²) in [7, 11) is 2.15. The number of piperazine rings is 1. The highest BCUT2D eigenvalue weighted by Gasteiger charge is 2.17.